The highest BCUT2D eigenvalue weighted by Gasteiger charge is 2.21. The van der Waals surface area contributed by atoms with Gasteiger partial charge in [-0.05, 0) is 37.5 Å². The van der Waals surface area contributed by atoms with Crippen molar-refractivity contribution in [3.05, 3.63) is 29.1 Å². The number of benzene rings is 1. The van der Waals surface area contributed by atoms with Crippen LogP contribution < -0.4 is 0 Å². The zero-order valence-electron chi connectivity index (χ0n) is 10.6. The molecule has 1 aromatic carbocycles. The van der Waals surface area contributed by atoms with Crippen LogP contribution in [0.4, 0.5) is 4.39 Å². The van der Waals surface area contributed by atoms with Crippen molar-refractivity contribution in [2.75, 3.05) is 17.8 Å². The second-order valence-corrected chi connectivity index (χ2v) is 7.11. The molecule has 4 nitrogen and oxygen atoms in total. The van der Waals surface area contributed by atoms with Gasteiger partial charge in [0, 0.05) is 5.56 Å². The molecule has 106 valence electrons. The molecular weight excluding hydrogens is 291 g/mol. The summed E-state index contributed by atoms with van der Waals surface area (Å²) in [4.78, 5) is 10.6. The molecular formula is C12H15FO4S2. The maximum atomic E-state index is 13.6. The quantitative estimate of drug-likeness (QED) is 0.817. The third kappa shape index (κ3) is 3.94. The Morgan fingerprint density at radius 1 is 1.42 bits per heavy atom. The minimum Gasteiger partial charge on any atom is -0.478 e. The van der Waals surface area contributed by atoms with Gasteiger partial charge in [0.2, 0.25) is 0 Å². The van der Waals surface area contributed by atoms with Crippen LogP contribution in [0.25, 0.3) is 0 Å². The number of hydrogen-bond donors (Lipinski definition) is 1. The highest BCUT2D eigenvalue weighted by atomic mass is 32.2. The fraction of sp³-hybridized carbons (Fsp3) is 0.417. The van der Waals surface area contributed by atoms with Crippen LogP contribution in [-0.2, 0) is 9.84 Å². The maximum Gasteiger partial charge on any atom is 0.335 e. The van der Waals surface area contributed by atoms with Gasteiger partial charge in [-0.3, -0.25) is 0 Å². The van der Waals surface area contributed by atoms with Crippen molar-refractivity contribution >= 4 is 27.6 Å². The van der Waals surface area contributed by atoms with E-state index >= 15 is 0 Å². The van der Waals surface area contributed by atoms with E-state index in [4.69, 9.17) is 5.11 Å². The van der Waals surface area contributed by atoms with E-state index in [0.717, 1.165) is 12.1 Å². The van der Waals surface area contributed by atoms with Crippen LogP contribution in [0.15, 0.2) is 17.0 Å². The molecule has 0 aromatic heterocycles. The van der Waals surface area contributed by atoms with Crippen LogP contribution in [0, 0.1) is 12.7 Å². The summed E-state index contributed by atoms with van der Waals surface area (Å²) in [6.07, 6.45) is 2.31. The van der Waals surface area contributed by atoms with E-state index in [9.17, 15) is 17.6 Å². The Morgan fingerprint density at radius 2 is 2.05 bits per heavy atom. The molecule has 0 atom stereocenters. The highest BCUT2D eigenvalue weighted by molar-refractivity contribution is 7.98. The van der Waals surface area contributed by atoms with Crippen LogP contribution >= 0.6 is 11.8 Å². The Bertz CT molecular complexity index is 582. The highest BCUT2D eigenvalue weighted by Crippen LogP contribution is 2.22. The van der Waals surface area contributed by atoms with Crippen LogP contribution in [0.1, 0.15) is 22.3 Å². The van der Waals surface area contributed by atoms with Gasteiger partial charge in [-0.15, -0.1) is 0 Å². The summed E-state index contributed by atoms with van der Waals surface area (Å²) < 4.78 is 37.8. The average molecular weight is 306 g/mol. The molecule has 7 heteroatoms. The number of carboxylic acids is 1. The zero-order valence-corrected chi connectivity index (χ0v) is 12.3. The van der Waals surface area contributed by atoms with Crippen molar-refractivity contribution in [1.82, 2.24) is 0 Å². The Kier molecular flexibility index (Phi) is 5.37. The normalized spacial score (nSPS) is 11.5. The van der Waals surface area contributed by atoms with E-state index in [2.05, 4.69) is 0 Å². The lowest BCUT2D eigenvalue weighted by Crippen LogP contribution is -2.12. The number of rotatable bonds is 6. The van der Waals surface area contributed by atoms with Gasteiger partial charge in [0.15, 0.2) is 9.84 Å². The monoisotopic (exact) mass is 306 g/mol. The van der Waals surface area contributed by atoms with Crippen LogP contribution in [0.3, 0.4) is 0 Å². The van der Waals surface area contributed by atoms with Gasteiger partial charge in [-0.25, -0.2) is 17.6 Å². The molecule has 19 heavy (non-hydrogen) atoms. The molecule has 1 N–H and O–H groups in total. The summed E-state index contributed by atoms with van der Waals surface area (Å²) in [5.41, 5.74) is -0.388. The fourth-order valence-corrected chi connectivity index (χ4v) is 3.83. The molecule has 0 saturated carbocycles. The van der Waals surface area contributed by atoms with Gasteiger partial charge in [0.25, 0.3) is 0 Å². The summed E-state index contributed by atoms with van der Waals surface area (Å²) in [5, 5.41) is 8.84. The number of aromatic carboxylic acids is 1. The van der Waals surface area contributed by atoms with E-state index in [1.54, 1.807) is 0 Å². The summed E-state index contributed by atoms with van der Waals surface area (Å²) in [5.74, 6) is -1.60. The molecule has 0 fully saturated rings. The molecule has 0 radical (unpaired) electrons. The van der Waals surface area contributed by atoms with Crippen LogP contribution in [0.5, 0.6) is 0 Å². The van der Waals surface area contributed by atoms with E-state index in [-0.39, 0.29) is 21.8 Å². The summed E-state index contributed by atoms with van der Waals surface area (Å²) >= 11 is 1.52. The molecule has 1 aromatic rings. The lowest BCUT2D eigenvalue weighted by Gasteiger charge is -2.09. The number of halogens is 1. The standard InChI is InChI=1S/C12H15FO4S2/c1-8-10(13)6-9(12(14)15)7-11(8)19(16,17)5-3-4-18-2/h6-7H,3-5H2,1-2H3,(H,14,15). The van der Waals surface area contributed by atoms with E-state index in [1.807, 2.05) is 6.26 Å². The smallest absolute Gasteiger partial charge is 0.335 e. The first kappa shape index (κ1) is 16.0. The third-order valence-corrected chi connectivity index (χ3v) is 5.26. The lowest BCUT2D eigenvalue weighted by molar-refractivity contribution is 0.0696. The number of thioether (sulfide) groups is 1. The second-order valence-electron chi connectivity index (χ2n) is 4.05. The van der Waals surface area contributed by atoms with E-state index in [1.165, 1.54) is 18.7 Å². The molecule has 0 aliphatic rings. The van der Waals surface area contributed by atoms with E-state index < -0.39 is 21.6 Å². The first-order chi connectivity index (χ1) is 8.79. The topological polar surface area (TPSA) is 71.4 Å². The van der Waals surface area contributed by atoms with Gasteiger partial charge >= 0.3 is 5.97 Å². The molecule has 0 bridgehead atoms. The SMILES string of the molecule is CSCCCS(=O)(=O)c1cc(C(=O)O)cc(F)c1C. The van der Waals surface area contributed by atoms with Crippen molar-refractivity contribution < 1.29 is 22.7 Å². The fourth-order valence-electron chi connectivity index (χ4n) is 1.60. The predicted octanol–water partition coefficient (Wildman–Crippen LogP) is 2.36. The van der Waals surface area contributed by atoms with Crippen LogP contribution in [-0.4, -0.2) is 37.3 Å². The lowest BCUT2D eigenvalue weighted by atomic mass is 10.1. The summed E-state index contributed by atoms with van der Waals surface area (Å²) in [6.45, 7) is 1.34. The Balaban J connectivity index is 3.21. The molecule has 0 unspecified atom stereocenters. The molecule has 0 heterocycles. The number of carbonyl (C=O) groups is 1. The number of carboxylic acid groups (broad SMARTS) is 1. The predicted molar refractivity (Wildman–Crippen MR) is 73.1 cm³/mol. The van der Waals surface area contributed by atoms with Crippen molar-refractivity contribution in [2.45, 2.75) is 18.2 Å². The van der Waals surface area contributed by atoms with Crippen molar-refractivity contribution in [2.24, 2.45) is 0 Å². The minimum absolute atomic E-state index is 0.0332. The van der Waals surface area contributed by atoms with Crippen molar-refractivity contribution in [1.29, 1.82) is 0 Å². The van der Waals surface area contributed by atoms with Crippen molar-refractivity contribution in [3.63, 3.8) is 0 Å². The Labute approximate surface area is 115 Å². The molecule has 0 aliphatic carbocycles. The molecule has 0 spiro atoms. The summed E-state index contributed by atoms with van der Waals surface area (Å²) in [6, 6.07) is 1.85. The largest absolute Gasteiger partial charge is 0.478 e. The first-order valence-electron chi connectivity index (χ1n) is 5.54. The maximum absolute atomic E-state index is 13.6. The Hall–Kier alpha value is -1.08. The van der Waals surface area contributed by atoms with Gasteiger partial charge in [-0.1, -0.05) is 0 Å². The number of sulfone groups is 1. The van der Waals surface area contributed by atoms with Gasteiger partial charge in [0.05, 0.1) is 16.2 Å². The number of hydrogen-bond acceptors (Lipinski definition) is 4. The van der Waals surface area contributed by atoms with Gasteiger partial charge in [-0.2, -0.15) is 11.8 Å². The molecule has 0 saturated heterocycles. The minimum atomic E-state index is -3.66. The zero-order chi connectivity index (χ0) is 14.6. The van der Waals surface area contributed by atoms with Crippen molar-refractivity contribution in [3.8, 4) is 0 Å². The molecule has 0 aliphatic heterocycles. The Morgan fingerprint density at radius 3 is 2.58 bits per heavy atom. The third-order valence-electron chi connectivity index (χ3n) is 2.64. The second kappa shape index (κ2) is 6.38. The van der Waals surface area contributed by atoms with Gasteiger partial charge in [0.1, 0.15) is 5.82 Å². The van der Waals surface area contributed by atoms with E-state index in [0.29, 0.717) is 12.2 Å². The molecule has 1 rings (SSSR count). The van der Waals surface area contributed by atoms with Gasteiger partial charge < -0.3 is 5.11 Å². The van der Waals surface area contributed by atoms with Crippen LogP contribution in [0.2, 0.25) is 0 Å². The average Bonchev–Trinajstić information content (AvgIpc) is 2.32. The summed E-state index contributed by atoms with van der Waals surface area (Å²) in [7, 11) is -3.66. The first-order valence-corrected chi connectivity index (χ1v) is 8.59. The molecule has 0 amide bonds.